The molecule has 1 rings (SSSR count). The zero-order valence-electron chi connectivity index (χ0n) is 9.40. The van der Waals surface area contributed by atoms with Gasteiger partial charge in [0.1, 0.15) is 0 Å². The smallest absolute Gasteiger partial charge is 0.179 e. The van der Waals surface area contributed by atoms with Gasteiger partial charge in [-0.3, -0.25) is 0 Å². The predicted molar refractivity (Wildman–Crippen MR) is 69.3 cm³/mol. The number of sulfone groups is 1. The summed E-state index contributed by atoms with van der Waals surface area (Å²) in [4.78, 5) is 0.371. The molecule has 0 spiro atoms. The first-order valence-corrected chi connectivity index (χ1v) is 7.59. The van der Waals surface area contributed by atoms with Gasteiger partial charge in [0.2, 0.25) is 0 Å². The van der Waals surface area contributed by atoms with Gasteiger partial charge in [0.25, 0.3) is 0 Å². The molecule has 0 amide bonds. The second-order valence-electron chi connectivity index (χ2n) is 3.63. The van der Waals surface area contributed by atoms with Gasteiger partial charge in [-0.15, -0.1) is 0 Å². The average molecular weight is 306 g/mol. The molecule has 90 valence electrons. The van der Waals surface area contributed by atoms with Crippen molar-refractivity contribution in [2.75, 3.05) is 12.8 Å². The van der Waals surface area contributed by atoms with Crippen molar-refractivity contribution in [1.82, 2.24) is 5.32 Å². The van der Waals surface area contributed by atoms with Crippen LogP contribution in [-0.2, 0) is 9.84 Å². The summed E-state index contributed by atoms with van der Waals surface area (Å²) in [6.07, 6.45) is 0.795. The van der Waals surface area contributed by atoms with E-state index in [1.807, 2.05) is 13.0 Å². The van der Waals surface area contributed by atoms with E-state index in [9.17, 15) is 8.42 Å². The molecule has 5 heteroatoms. The van der Waals surface area contributed by atoms with Crippen LogP contribution in [0.2, 0.25) is 0 Å². The summed E-state index contributed by atoms with van der Waals surface area (Å²) in [7, 11) is -1.42. The molecule has 1 aromatic rings. The Morgan fingerprint density at radius 1 is 1.44 bits per heavy atom. The maximum Gasteiger partial charge on any atom is 0.179 e. The SMILES string of the molecule is CCC(CS(=O)(=O)c1cccc(Br)c1)NC. The predicted octanol–water partition coefficient (Wildman–Crippen LogP) is 2.22. The van der Waals surface area contributed by atoms with Crippen molar-refractivity contribution in [3.63, 3.8) is 0 Å². The highest BCUT2D eigenvalue weighted by Crippen LogP contribution is 2.18. The molecule has 3 nitrogen and oxygen atoms in total. The van der Waals surface area contributed by atoms with Gasteiger partial charge in [-0.05, 0) is 31.7 Å². The minimum Gasteiger partial charge on any atom is -0.316 e. The molecule has 16 heavy (non-hydrogen) atoms. The number of nitrogens with one attached hydrogen (secondary N) is 1. The van der Waals surface area contributed by atoms with Gasteiger partial charge in [0.15, 0.2) is 9.84 Å². The number of halogens is 1. The fraction of sp³-hybridized carbons (Fsp3) is 0.455. The number of rotatable bonds is 5. The highest BCUT2D eigenvalue weighted by molar-refractivity contribution is 9.10. The van der Waals surface area contributed by atoms with Crippen LogP contribution in [0.1, 0.15) is 13.3 Å². The summed E-state index contributed by atoms with van der Waals surface area (Å²) >= 11 is 3.27. The topological polar surface area (TPSA) is 46.2 Å². The minimum absolute atomic E-state index is 0.00369. The molecular weight excluding hydrogens is 290 g/mol. The third kappa shape index (κ3) is 3.57. The lowest BCUT2D eigenvalue weighted by atomic mass is 10.3. The first-order chi connectivity index (χ1) is 7.49. The number of benzene rings is 1. The lowest BCUT2D eigenvalue weighted by Crippen LogP contribution is -2.32. The van der Waals surface area contributed by atoms with Crippen LogP contribution < -0.4 is 5.32 Å². The largest absolute Gasteiger partial charge is 0.316 e. The molecule has 0 aromatic heterocycles. The summed E-state index contributed by atoms with van der Waals surface area (Å²) in [6, 6.07) is 6.82. The minimum atomic E-state index is -3.20. The number of hydrogen-bond donors (Lipinski definition) is 1. The van der Waals surface area contributed by atoms with Crippen molar-refractivity contribution in [2.24, 2.45) is 0 Å². The van der Waals surface area contributed by atoms with Gasteiger partial charge in [0.05, 0.1) is 10.6 Å². The Morgan fingerprint density at radius 3 is 2.62 bits per heavy atom. The van der Waals surface area contributed by atoms with Crippen LogP contribution >= 0.6 is 15.9 Å². The Balaban J connectivity index is 2.94. The van der Waals surface area contributed by atoms with Crippen molar-refractivity contribution < 1.29 is 8.42 Å². The van der Waals surface area contributed by atoms with Gasteiger partial charge in [-0.2, -0.15) is 0 Å². The van der Waals surface area contributed by atoms with E-state index in [-0.39, 0.29) is 11.8 Å². The van der Waals surface area contributed by atoms with Crippen LogP contribution in [0.15, 0.2) is 33.6 Å². The summed E-state index contributed by atoms with van der Waals surface area (Å²) in [6.45, 7) is 1.97. The van der Waals surface area contributed by atoms with Gasteiger partial charge in [-0.25, -0.2) is 8.42 Å². The van der Waals surface area contributed by atoms with Gasteiger partial charge in [0, 0.05) is 10.5 Å². The second-order valence-corrected chi connectivity index (χ2v) is 6.58. The van der Waals surface area contributed by atoms with E-state index in [0.29, 0.717) is 4.90 Å². The molecule has 0 aliphatic heterocycles. The van der Waals surface area contributed by atoms with E-state index < -0.39 is 9.84 Å². The third-order valence-corrected chi connectivity index (χ3v) is 4.78. The van der Waals surface area contributed by atoms with Crippen molar-refractivity contribution in [3.05, 3.63) is 28.7 Å². The Bertz CT molecular complexity index is 441. The summed E-state index contributed by atoms with van der Waals surface area (Å²) in [5, 5.41) is 3.00. The van der Waals surface area contributed by atoms with E-state index >= 15 is 0 Å². The fourth-order valence-electron chi connectivity index (χ4n) is 1.43. The molecule has 0 heterocycles. The van der Waals surface area contributed by atoms with Crippen LogP contribution in [-0.4, -0.2) is 27.3 Å². The third-order valence-electron chi connectivity index (χ3n) is 2.48. The van der Waals surface area contributed by atoms with Crippen LogP contribution in [0.25, 0.3) is 0 Å². The monoisotopic (exact) mass is 305 g/mol. The lowest BCUT2D eigenvalue weighted by molar-refractivity contribution is 0.556. The quantitative estimate of drug-likeness (QED) is 0.907. The van der Waals surface area contributed by atoms with E-state index in [4.69, 9.17) is 0 Å². The van der Waals surface area contributed by atoms with Gasteiger partial charge in [-0.1, -0.05) is 28.9 Å². The molecule has 0 radical (unpaired) electrons. The summed E-state index contributed by atoms with van der Waals surface area (Å²) in [5.74, 6) is 0.135. The Hall–Kier alpha value is -0.390. The van der Waals surface area contributed by atoms with E-state index in [1.165, 1.54) is 0 Å². The zero-order chi connectivity index (χ0) is 12.2. The molecule has 0 fully saturated rings. The molecule has 0 aliphatic carbocycles. The molecule has 1 unspecified atom stereocenters. The van der Waals surface area contributed by atoms with Crippen LogP contribution in [0, 0.1) is 0 Å². The van der Waals surface area contributed by atoms with Gasteiger partial charge < -0.3 is 5.32 Å². The first-order valence-electron chi connectivity index (χ1n) is 5.15. The average Bonchev–Trinajstić information content (AvgIpc) is 2.26. The second kappa shape index (κ2) is 5.80. The Morgan fingerprint density at radius 2 is 2.12 bits per heavy atom. The van der Waals surface area contributed by atoms with Crippen LogP contribution in [0.4, 0.5) is 0 Å². The molecular formula is C11H16BrNO2S. The molecule has 0 aliphatic rings. The van der Waals surface area contributed by atoms with E-state index in [1.54, 1.807) is 25.2 Å². The molecule has 0 saturated carbocycles. The summed E-state index contributed by atoms with van der Waals surface area (Å²) < 4.78 is 24.9. The molecule has 0 bridgehead atoms. The molecule has 1 N–H and O–H groups in total. The maximum atomic E-state index is 12.1. The van der Waals surface area contributed by atoms with E-state index in [2.05, 4.69) is 21.2 Å². The lowest BCUT2D eigenvalue weighted by Gasteiger charge is -2.14. The van der Waals surface area contributed by atoms with Crippen molar-refractivity contribution in [1.29, 1.82) is 0 Å². The molecule has 1 aromatic carbocycles. The van der Waals surface area contributed by atoms with Crippen molar-refractivity contribution >= 4 is 25.8 Å². The Labute approximate surface area is 105 Å². The first kappa shape index (κ1) is 13.7. The van der Waals surface area contributed by atoms with Crippen LogP contribution in [0.3, 0.4) is 0 Å². The highest BCUT2D eigenvalue weighted by Gasteiger charge is 2.19. The van der Waals surface area contributed by atoms with Crippen molar-refractivity contribution in [2.45, 2.75) is 24.3 Å². The fourth-order valence-corrected chi connectivity index (χ4v) is 3.69. The maximum absolute atomic E-state index is 12.1. The van der Waals surface area contributed by atoms with Crippen LogP contribution in [0.5, 0.6) is 0 Å². The van der Waals surface area contributed by atoms with Crippen molar-refractivity contribution in [3.8, 4) is 0 Å². The standard InChI is InChI=1S/C11H16BrNO2S/c1-3-10(13-2)8-16(14,15)11-6-4-5-9(12)7-11/h4-7,10,13H,3,8H2,1-2H3. The normalized spacial score (nSPS) is 13.7. The van der Waals surface area contributed by atoms with Gasteiger partial charge >= 0.3 is 0 Å². The molecule has 1 atom stereocenters. The zero-order valence-corrected chi connectivity index (χ0v) is 11.8. The Kier molecular flexibility index (Phi) is 4.95. The highest BCUT2D eigenvalue weighted by atomic mass is 79.9. The summed E-state index contributed by atoms with van der Waals surface area (Å²) in [5.41, 5.74) is 0. The van der Waals surface area contributed by atoms with E-state index in [0.717, 1.165) is 10.9 Å². The molecule has 0 saturated heterocycles. The number of hydrogen-bond acceptors (Lipinski definition) is 3.